The Balaban J connectivity index is 1.46. The molecule has 2 heterocycles. The van der Waals surface area contributed by atoms with Crippen LogP contribution in [0.5, 0.6) is 0 Å². The van der Waals surface area contributed by atoms with Crippen molar-refractivity contribution >= 4 is 5.91 Å². The van der Waals surface area contributed by atoms with Crippen molar-refractivity contribution in [1.82, 2.24) is 10.2 Å². The van der Waals surface area contributed by atoms with Crippen LogP contribution in [-0.4, -0.2) is 30.4 Å². The number of carbonyl (C=O) groups is 1. The zero-order valence-electron chi connectivity index (χ0n) is 16.4. The topological polar surface area (TPSA) is 45.5 Å². The van der Waals surface area contributed by atoms with Crippen LogP contribution >= 0.6 is 0 Å². The van der Waals surface area contributed by atoms with Crippen LogP contribution in [0.2, 0.25) is 0 Å². The van der Waals surface area contributed by atoms with Gasteiger partial charge in [-0.15, -0.1) is 0 Å². The van der Waals surface area contributed by atoms with Crippen molar-refractivity contribution < 1.29 is 9.21 Å². The zero-order chi connectivity index (χ0) is 18.7. The van der Waals surface area contributed by atoms with Gasteiger partial charge in [0.2, 0.25) is 0 Å². The summed E-state index contributed by atoms with van der Waals surface area (Å²) in [6.07, 6.45) is 2.26. The maximum Gasteiger partial charge on any atom is 0.251 e. The summed E-state index contributed by atoms with van der Waals surface area (Å²) in [6.45, 7) is 11.9. The molecule has 1 amide bonds. The van der Waals surface area contributed by atoms with Crippen molar-refractivity contribution in [2.45, 2.75) is 47.1 Å². The molecule has 1 fully saturated rings. The van der Waals surface area contributed by atoms with E-state index >= 15 is 0 Å². The first-order valence-electron chi connectivity index (χ1n) is 9.56. The van der Waals surface area contributed by atoms with E-state index < -0.39 is 0 Å². The first kappa shape index (κ1) is 18.7. The van der Waals surface area contributed by atoms with Crippen LogP contribution in [0.3, 0.4) is 0 Å². The number of hydrogen-bond donors (Lipinski definition) is 1. The SMILES string of the molecule is Cc1ccc(C)c(C(=O)NCC2CCN(Cc3cc(C)oc3C)CC2)c1. The molecule has 140 valence electrons. The highest BCUT2D eigenvalue weighted by Crippen LogP contribution is 2.21. The van der Waals surface area contributed by atoms with Gasteiger partial charge in [-0.3, -0.25) is 9.69 Å². The van der Waals surface area contributed by atoms with E-state index in [1.54, 1.807) is 0 Å². The molecule has 1 aliphatic rings. The van der Waals surface area contributed by atoms with E-state index in [2.05, 4.69) is 16.3 Å². The second-order valence-electron chi connectivity index (χ2n) is 7.69. The number of nitrogens with one attached hydrogen (secondary N) is 1. The maximum absolute atomic E-state index is 12.5. The quantitative estimate of drug-likeness (QED) is 0.877. The smallest absolute Gasteiger partial charge is 0.251 e. The second-order valence-corrected chi connectivity index (χ2v) is 7.69. The predicted molar refractivity (Wildman–Crippen MR) is 104 cm³/mol. The largest absolute Gasteiger partial charge is 0.466 e. The number of aryl methyl sites for hydroxylation is 4. The number of hydrogen-bond acceptors (Lipinski definition) is 3. The van der Waals surface area contributed by atoms with Crippen LogP contribution in [0.15, 0.2) is 28.7 Å². The molecule has 26 heavy (non-hydrogen) atoms. The minimum atomic E-state index is 0.0538. The fraction of sp³-hybridized carbons (Fsp3) is 0.500. The fourth-order valence-corrected chi connectivity index (χ4v) is 3.74. The van der Waals surface area contributed by atoms with Crippen LogP contribution in [0.1, 0.15) is 51.4 Å². The average Bonchev–Trinajstić information content (AvgIpc) is 2.93. The van der Waals surface area contributed by atoms with Crippen LogP contribution in [0.25, 0.3) is 0 Å². The van der Waals surface area contributed by atoms with E-state index in [0.29, 0.717) is 5.92 Å². The van der Waals surface area contributed by atoms with E-state index in [9.17, 15) is 4.79 Å². The van der Waals surface area contributed by atoms with E-state index in [1.807, 2.05) is 45.9 Å². The number of furan rings is 1. The summed E-state index contributed by atoms with van der Waals surface area (Å²) in [5.41, 5.74) is 4.25. The van der Waals surface area contributed by atoms with E-state index in [4.69, 9.17) is 4.42 Å². The molecule has 0 radical (unpaired) electrons. The van der Waals surface area contributed by atoms with Gasteiger partial charge in [-0.05, 0) is 77.2 Å². The highest BCUT2D eigenvalue weighted by molar-refractivity contribution is 5.95. The Morgan fingerprint density at radius 1 is 1.15 bits per heavy atom. The standard InChI is InChI=1S/C22H30N2O2/c1-15-5-6-16(2)21(11-15)22(25)23-13-19-7-9-24(10-8-19)14-20-12-17(3)26-18(20)4/h5-6,11-12,19H,7-10,13-14H2,1-4H3,(H,23,25). The average molecular weight is 354 g/mol. The van der Waals surface area contributed by atoms with Gasteiger partial charge in [-0.2, -0.15) is 0 Å². The second kappa shape index (κ2) is 8.09. The van der Waals surface area contributed by atoms with Gasteiger partial charge < -0.3 is 9.73 Å². The van der Waals surface area contributed by atoms with E-state index in [1.165, 1.54) is 5.56 Å². The van der Waals surface area contributed by atoms with Gasteiger partial charge in [0.1, 0.15) is 11.5 Å². The van der Waals surface area contributed by atoms with Crippen LogP contribution in [0.4, 0.5) is 0 Å². The monoisotopic (exact) mass is 354 g/mol. The third-order valence-electron chi connectivity index (χ3n) is 5.43. The predicted octanol–water partition coefficient (Wildman–Crippen LogP) is 4.16. The summed E-state index contributed by atoms with van der Waals surface area (Å²) in [6, 6.07) is 8.18. The Labute approximate surface area is 156 Å². The lowest BCUT2D eigenvalue weighted by Gasteiger charge is -2.31. The van der Waals surface area contributed by atoms with Gasteiger partial charge in [-0.1, -0.05) is 17.7 Å². The molecule has 1 aromatic carbocycles. The maximum atomic E-state index is 12.5. The molecule has 3 rings (SSSR count). The molecule has 1 N–H and O–H groups in total. The van der Waals surface area contributed by atoms with Gasteiger partial charge in [0, 0.05) is 24.2 Å². The summed E-state index contributed by atoms with van der Waals surface area (Å²) in [5, 5.41) is 3.14. The zero-order valence-corrected chi connectivity index (χ0v) is 16.4. The Morgan fingerprint density at radius 2 is 1.88 bits per heavy atom. The van der Waals surface area contributed by atoms with Crippen LogP contribution in [0, 0.1) is 33.6 Å². The van der Waals surface area contributed by atoms with Crippen LogP contribution in [-0.2, 0) is 6.54 Å². The number of piperidine rings is 1. The molecule has 0 bridgehead atoms. The summed E-state index contributed by atoms with van der Waals surface area (Å²) >= 11 is 0. The molecule has 0 aliphatic carbocycles. The van der Waals surface area contributed by atoms with Gasteiger partial charge >= 0.3 is 0 Å². The number of rotatable bonds is 5. The van der Waals surface area contributed by atoms with Crippen molar-refractivity contribution in [2.24, 2.45) is 5.92 Å². The van der Waals surface area contributed by atoms with Crippen LogP contribution < -0.4 is 5.32 Å². The van der Waals surface area contributed by atoms with Gasteiger partial charge in [0.15, 0.2) is 0 Å². The number of amides is 1. The summed E-state index contributed by atoms with van der Waals surface area (Å²) < 4.78 is 5.63. The molecule has 0 unspecified atom stereocenters. The highest BCUT2D eigenvalue weighted by Gasteiger charge is 2.21. The van der Waals surface area contributed by atoms with Crippen molar-refractivity contribution in [1.29, 1.82) is 0 Å². The molecular weight excluding hydrogens is 324 g/mol. The Bertz CT molecular complexity index is 770. The summed E-state index contributed by atoms with van der Waals surface area (Å²) in [7, 11) is 0. The molecule has 0 atom stereocenters. The fourth-order valence-electron chi connectivity index (χ4n) is 3.74. The molecular formula is C22H30N2O2. The number of carbonyl (C=O) groups excluding carboxylic acids is 1. The number of nitrogens with zero attached hydrogens (tertiary/aromatic N) is 1. The van der Waals surface area contributed by atoms with Crippen molar-refractivity contribution in [2.75, 3.05) is 19.6 Å². The molecule has 4 nitrogen and oxygen atoms in total. The third kappa shape index (κ3) is 4.55. The minimum absolute atomic E-state index is 0.0538. The molecule has 2 aromatic rings. The Kier molecular flexibility index (Phi) is 5.82. The van der Waals surface area contributed by atoms with E-state index in [-0.39, 0.29) is 5.91 Å². The van der Waals surface area contributed by atoms with Crippen molar-refractivity contribution in [3.05, 3.63) is 58.0 Å². The molecule has 0 spiro atoms. The van der Waals surface area contributed by atoms with Gasteiger partial charge in [-0.25, -0.2) is 0 Å². The lowest BCUT2D eigenvalue weighted by molar-refractivity contribution is 0.0934. The van der Waals surface area contributed by atoms with Gasteiger partial charge in [0.25, 0.3) is 5.91 Å². The number of benzene rings is 1. The molecule has 1 aromatic heterocycles. The first-order chi connectivity index (χ1) is 12.4. The first-order valence-corrected chi connectivity index (χ1v) is 9.56. The van der Waals surface area contributed by atoms with Gasteiger partial charge in [0.05, 0.1) is 0 Å². The Morgan fingerprint density at radius 3 is 2.54 bits per heavy atom. The van der Waals surface area contributed by atoms with Crippen molar-refractivity contribution in [3.8, 4) is 0 Å². The molecule has 0 saturated carbocycles. The van der Waals surface area contributed by atoms with Crippen molar-refractivity contribution in [3.63, 3.8) is 0 Å². The minimum Gasteiger partial charge on any atom is -0.466 e. The lowest BCUT2D eigenvalue weighted by atomic mass is 9.96. The molecule has 1 saturated heterocycles. The van der Waals surface area contributed by atoms with E-state index in [0.717, 1.165) is 67.2 Å². The molecule has 1 aliphatic heterocycles. The Hall–Kier alpha value is -2.07. The third-order valence-corrected chi connectivity index (χ3v) is 5.43. The highest BCUT2D eigenvalue weighted by atomic mass is 16.3. The summed E-state index contributed by atoms with van der Waals surface area (Å²) in [4.78, 5) is 15.0. The summed E-state index contributed by atoms with van der Waals surface area (Å²) in [5.74, 6) is 2.64. The molecule has 4 heteroatoms. The lowest BCUT2D eigenvalue weighted by Crippen LogP contribution is -2.38. The number of likely N-dealkylation sites (tertiary alicyclic amines) is 1. The normalized spacial score (nSPS) is 16.0.